The largest absolute Gasteiger partial charge is 0.468 e. The first-order valence-corrected chi connectivity index (χ1v) is 6.20. The van der Waals surface area contributed by atoms with Crippen LogP contribution in [-0.4, -0.2) is 29.6 Å². The highest BCUT2D eigenvalue weighted by molar-refractivity contribution is 6.20. The van der Waals surface area contributed by atoms with Gasteiger partial charge in [0.1, 0.15) is 0 Å². The first-order valence-electron chi connectivity index (χ1n) is 5.67. The van der Waals surface area contributed by atoms with Gasteiger partial charge in [-0.15, -0.1) is 11.6 Å². The molecule has 0 saturated heterocycles. The van der Waals surface area contributed by atoms with Crippen molar-refractivity contribution < 1.29 is 22.7 Å². The SMILES string of the molecule is CC(C)(CCl)C(=O)Nc1ccc(OCC(F)(F)F)nc1. The maximum atomic E-state index is 11.9. The number of anilines is 1. The van der Waals surface area contributed by atoms with Crippen LogP contribution in [0.2, 0.25) is 0 Å². The maximum Gasteiger partial charge on any atom is 0.422 e. The number of nitrogens with zero attached hydrogens (tertiary/aromatic N) is 1. The number of halogens is 4. The Morgan fingerprint density at radius 1 is 1.40 bits per heavy atom. The molecule has 0 aliphatic carbocycles. The van der Waals surface area contributed by atoms with Crippen molar-refractivity contribution in [2.75, 3.05) is 17.8 Å². The van der Waals surface area contributed by atoms with Gasteiger partial charge in [0.2, 0.25) is 11.8 Å². The molecular weight excluding hydrogens is 297 g/mol. The zero-order valence-corrected chi connectivity index (χ0v) is 11.7. The van der Waals surface area contributed by atoms with Gasteiger partial charge in [0.05, 0.1) is 17.3 Å². The second kappa shape index (κ2) is 6.30. The number of hydrogen-bond donors (Lipinski definition) is 1. The first-order chi connectivity index (χ1) is 9.14. The van der Waals surface area contributed by atoms with Gasteiger partial charge in [0.15, 0.2) is 6.61 Å². The van der Waals surface area contributed by atoms with Crippen molar-refractivity contribution >= 4 is 23.2 Å². The Morgan fingerprint density at radius 3 is 2.50 bits per heavy atom. The summed E-state index contributed by atoms with van der Waals surface area (Å²) in [6.07, 6.45) is -3.20. The summed E-state index contributed by atoms with van der Waals surface area (Å²) in [4.78, 5) is 15.5. The summed E-state index contributed by atoms with van der Waals surface area (Å²) >= 11 is 5.66. The average molecular weight is 311 g/mol. The molecule has 0 fully saturated rings. The smallest absolute Gasteiger partial charge is 0.422 e. The van der Waals surface area contributed by atoms with E-state index in [0.29, 0.717) is 5.69 Å². The Morgan fingerprint density at radius 2 is 2.05 bits per heavy atom. The van der Waals surface area contributed by atoms with E-state index in [0.717, 1.165) is 0 Å². The Balaban J connectivity index is 2.61. The maximum absolute atomic E-state index is 11.9. The van der Waals surface area contributed by atoms with Crippen molar-refractivity contribution in [1.29, 1.82) is 0 Å². The molecule has 0 radical (unpaired) electrons. The third-order valence-corrected chi connectivity index (χ3v) is 2.99. The quantitative estimate of drug-likeness (QED) is 0.850. The molecule has 1 heterocycles. The molecule has 1 N–H and O–H groups in total. The lowest BCUT2D eigenvalue weighted by Crippen LogP contribution is -2.32. The van der Waals surface area contributed by atoms with Gasteiger partial charge < -0.3 is 10.1 Å². The molecule has 1 amide bonds. The predicted molar refractivity (Wildman–Crippen MR) is 68.9 cm³/mol. The number of carbonyl (C=O) groups excluding carboxylic acids is 1. The number of aromatic nitrogens is 1. The predicted octanol–water partition coefficient (Wildman–Crippen LogP) is 3.23. The number of carbonyl (C=O) groups is 1. The van der Waals surface area contributed by atoms with Crippen molar-refractivity contribution in [3.8, 4) is 5.88 Å². The van der Waals surface area contributed by atoms with Gasteiger partial charge in [-0.25, -0.2) is 4.98 Å². The summed E-state index contributed by atoms with van der Waals surface area (Å²) in [5, 5.41) is 2.57. The molecule has 20 heavy (non-hydrogen) atoms. The average Bonchev–Trinajstić information content (AvgIpc) is 2.37. The number of rotatable bonds is 5. The van der Waals surface area contributed by atoms with Crippen LogP contribution in [0.1, 0.15) is 13.8 Å². The van der Waals surface area contributed by atoms with E-state index in [2.05, 4.69) is 15.0 Å². The summed E-state index contributed by atoms with van der Waals surface area (Å²) in [7, 11) is 0. The van der Waals surface area contributed by atoms with Crippen LogP contribution in [0.15, 0.2) is 18.3 Å². The minimum absolute atomic E-state index is 0.138. The van der Waals surface area contributed by atoms with Crippen LogP contribution in [0.25, 0.3) is 0 Å². The van der Waals surface area contributed by atoms with E-state index in [1.807, 2.05) is 0 Å². The summed E-state index contributed by atoms with van der Waals surface area (Å²) in [5.41, 5.74) is -0.403. The molecule has 0 aromatic carbocycles. The van der Waals surface area contributed by atoms with Crippen molar-refractivity contribution in [3.63, 3.8) is 0 Å². The van der Waals surface area contributed by atoms with E-state index in [1.54, 1.807) is 13.8 Å². The van der Waals surface area contributed by atoms with E-state index in [9.17, 15) is 18.0 Å². The number of hydrogen-bond acceptors (Lipinski definition) is 3. The first kappa shape index (κ1) is 16.6. The molecule has 8 heteroatoms. The second-order valence-corrected chi connectivity index (χ2v) is 5.03. The molecule has 0 spiro atoms. The summed E-state index contributed by atoms with van der Waals surface area (Å²) in [6, 6.07) is 2.65. The molecule has 0 aliphatic heterocycles. The van der Waals surface area contributed by atoms with Crippen LogP contribution in [0, 0.1) is 5.41 Å². The van der Waals surface area contributed by atoms with Gasteiger partial charge in [-0.2, -0.15) is 13.2 Å². The van der Waals surface area contributed by atoms with Gasteiger partial charge in [0.25, 0.3) is 0 Å². The third-order valence-electron chi connectivity index (χ3n) is 2.33. The van der Waals surface area contributed by atoms with Gasteiger partial charge in [0, 0.05) is 11.9 Å². The zero-order chi connectivity index (χ0) is 15.4. The van der Waals surface area contributed by atoms with Crippen molar-refractivity contribution in [1.82, 2.24) is 4.98 Å². The lowest BCUT2D eigenvalue weighted by molar-refractivity contribution is -0.154. The lowest BCUT2D eigenvalue weighted by Gasteiger charge is -2.20. The van der Waals surface area contributed by atoms with Crippen molar-refractivity contribution in [2.24, 2.45) is 5.41 Å². The van der Waals surface area contributed by atoms with Crippen molar-refractivity contribution in [2.45, 2.75) is 20.0 Å². The molecule has 0 saturated carbocycles. The van der Waals surface area contributed by atoms with E-state index in [1.165, 1.54) is 18.3 Å². The van der Waals surface area contributed by atoms with Crippen LogP contribution in [0.4, 0.5) is 18.9 Å². The van der Waals surface area contributed by atoms with Crippen LogP contribution in [0.5, 0.6) is 5.88 Å². The fourth-order valence-electron chi connectivity index (χ4n) is 1.06. The molecule has 4 nitrogen and oxygen atoms in total. The highest BCUT2D eigenvalue weighted by Gasteiger charge is 2.29. The minimum Gasteiger partial charge on any atom is -0.468 e. The number of nitrogens with one attached hydrogen (secondary N) is 1. The van der Waals surface area contributed by atoms with Crippen LogP contribution in [-0.2, 0) is 4.79 Å². The molecule has 1 aromatic rings. The molecule has 1 aromatic heterocycles. The van der Waals surface area contributed by atoms with E-state index in [4.69, 9.17) is 11.6 Å². The third kappa shape index (κ3) is 5.24. The topological polar surface area (TPSA) is 51.2 Å². The van der Waals surface area contributed by atoms with Crippen LogP contribution >= 0.6 is 11.6 Å². The second-order valence-electron chi connectivity index (χ2n) is 4.76. The Kier molecular flexibility index (Phi) is 5.21. The highest BCUT2D eigenvalue weighted by atomic mass is 35.5. The highest BCUT2D eigenvalue weighted by Crippen LogP contribution is 2.21. The summed E-state index contributed by atoms with van der Waals surface area (Å²) in [5.74, 6) is -0.339. The summed E-state index contributed by atoms with van der Waals surface area (Å²) in [6.45, 7) is 1.93. The standard InChI is InChI=1S/C12H14ClF3N2O2/c1-11(2,6-13)10(19)18-8-3-4-9(17-5-8)20-7-12(14,15)16/h3-5H,6-7H2,1-2H3,(H,18,19). The van der Waals surface area contributed by atoms with Crippen molar-refractivity contribution in [3.05, 3.63) is 18.3 Å². The lowest BCUT2D eigenvalue weighted by atomic mass is 9.95. The number of amides is 1. The molecule has 0 aliphatic rings. The van der Waals surface area contributed by atoms with Gasteiger partial charge in [-0.05, 0) is 19.9 Å². The molecular formula is C12H14ClF3N2O2. The zero-order valence-electron chi connectivity index (χ0n) is 10.9. The fourth-order valence-corrected chi connectivity index (χ4v) is 1.18. The molecule has 112 valence electrons. The Hall–Kier alpha value is -1.50. The minimum atomic E-state index is -4.42. The number of alkyl halides is 4. The normalized spacial score (nSPS) is 12.1. The Labute approximate surface area is 119 Å². The van der Waals surface area contributed by atoms with Crippen LogP contribution < -0.4 is 10.1 Å². The molecule has 0 atom stereocenters. The summed E-state index contributed by atoms with van der Waals surface area (Å²) < 4.78 is 40.3. The molecule has 1 rings (SSSR count). The monoisotopic (exact) mass is 310 g/mol. The van der Waals surface area contributed by atoms with Gasteiger partial charge >= 0.3 is 6.18 Å². The van der Waals surface area contributed by atoms with Gasteiger partial charge in [-0.1, -0.05) is 0 Å². The van der Waals surface area contributed by atoms with E-state index >= 15 is 0 Å². The number of ether oxygens (including phenoxy) is 1. The molecule has 0 unspecified atom stereocenters. The van der Waals surface area contributed by atoms with Crippen LogP contribution in [0.3, 0.4) is 0 Å². The number of pyridine rings is 1. The fraction of sp³-hybridized carbons (Fsp3) is 0.500. The van der Waals surface area contributed by atoms with Gasteiger partial charge in [-0.3, -0.25) is 4.79 Å². The molecule has 0 bridgehead atoms. The Bertz CT molecular complexity index is 461. The van der Waals surface area contributed by atoms with E-state index in [-0.39, 0.29) is 17.7 Å². The van der Waals surface area contributed by atoms with E-state index < -0.39 is 18.2 Å².